The van der Waals surface area contributed by atoms with Crippen LogP contribution in [0.15, 0.2) is 29.3 Å². The highest BCUT2D eigenvalue weighted by Crippen LogP contribution is 2.09. The topological polar surface area (TPSA) is 76.4 Å². The molecule has 0 aliphatic heterocycles. The van der Waals surface area contributed by atoms with Crippen molar-refractivity contribution < 1.29 is 0 Å². The van der Waals surface area contributed by atoms with Gasteiger partial charge in [-0.25, -0.2) is 0 Å². The molecule has 0 fully saturated rings. The van der Waals surface area contributed by atoms with Crippen LogP contribution in [-0.2, 0) is 6.54 Å². The highest BCUT2D eigenvalue weighted by molar-refractivity contribution is 5.92. The van der Waals surface area contributed by atoms with Crippen LogP contribution >= 0.6 is 0 Å². The van der Waals surface area contributed by atoms with Crippen LogP contribution in [0.3, 0.4) is 0 Å². The lowest BCUT2D eigenvalue weighted by atomic mass is 10.2. The Labute approximate surface area is 90.4 Å². The minimum Gasteiger partial charge on any atom is -0.370 e. The number of hydrogen-bond donors (Lipinski definition) is 3. The van der Waals surface area contributed by atoms with Gasteiger partial charge in [0.25, 0.3) is 0 Å². The van der Waals surface area contributed by atoms with Crippen molar-refractivity contribution in [3.8, 4) is 0 Å². The quantitative estimate of drug-likeness (QED) is 0.513. The fourth-order valence-electron chi connectivity index (χ4n) is 1.20. The van der Waals surface area contributed by atoms with Crippen molar-refractivity contribution in [3.63, 3.8) is 0 Å². The Bertz CT molecular complexity index is 333. The van der Waals surface area contributed by atoms with E-state index in [4.69, 9.17) is 11.5 Å². The minimum absolute atomic E-state index is 0.450. The summed E-state index contributed by atoms with van der Waals surface area (Å²) in [6, 6.07) is 7.82. The lowest BCUT2D eigenvalue weighted by Crippen LogP contribution is -2.22. The van der Waals surface area contributed by atoms with Crippen LogP contribution in [0.2, 0.25) is 0 Å². The Hall–Kier alpha value is -1.55. The van der Waals surface area contributed by atoms with Crippen molar-refractivity contribution in [2.24, 2.45) is 16.5 Å². The molecule has 0 radical (unpaired) electrons. The molecule has 0 aromatic heterocycles. The number of aliphatic imine (C=N–C) groups is 1. The number of anilines is 1. The summed E-state index contributed by atoms with van der Waals surface area (Å²) >= 11 is 0. The summed E-state index contributed by atoms with van der Waals surface area (Å²) in [5, 5.41) is 3.02. The predicted molar refractivity (Wildman–Crippen MR) is 64.7 cm³/mol. The Morgan fingerprint density at radius 2 is 2.27 bits per heavy atom. The highest BCUT2D eigenvalue weighted by atomic mass is 15.1. The third-order valence-electron chi connectivity index (χ3n) is 1.94. The molecule has 5 N–H and O–H groups in total. The van der Waals surface area contributed by atoms with Gasteiger partial charge in [-0.15, -0.1) is 0 Å². The number of nitrogens with one attached hydrogen (secondary N) is 1. The predicted octanol–water partition coefficient (Wildman–Crippen LogP) is 1.28. The van der Waals surface area contributed by atoms with Crippen molar-refractivity contribution in [2.75, 3.05) is 11.9 Å². The summed E-state index contributed by atoms with van der Waals surface area (Å²) in [5.74, 6) is 0.450. The van der Waals surface area contributed by atoms with Crippen LogP contribution in [0.25, 0.3) is 0 Å². The van der Waals surface area contributed by atoms with E-state index in [1.807, 2.05) is 24.3 Å². The fraction of sp³-hybridized carbons (Fsp3) is 0.364. The van der Waals surface area contributed by atoms with Gasteiger partial charge in [0.2, 0.25) is 0 Å². The van der Waals surface area contributed by atoms with E-state index in [0.29, 0.717) is 12.5 Å². The van der Waals surface area contributed by atoms with Gasteiger partial charge in [-0.2, -0.15) is 0 Å². The number of benzene rings is 1. The zero-order valence-electron chi connectivity index (χ0n) is 9.03. The van der Waals surface area contributed by atoms with E-state index in [1.165, 1.54) is 0 Å². The summed E-state index contributed by atoms with van der Waals surface area (Å²) in [7, 11) is 0. The van der Waals surface area contributed by atoms with Crippen molar-refractivity contribution in [1.29, 1.82) is 0 Å². The zero-order valence-corrected chi connectivity index (χ0v) is 9.03. The average molecular weight is 206 g/mol. The lowest BCUT2D eigenvalue weighted by molar-refractivity contribution is 0.929. The van der Waals surface area contributed by atoms with E-state index in [-0.39, 0.29) is 0 Å². The highest BCUT2D eigenvalue weighted by Gasteiger charge is 1.95. The van der Waals surface area contributed by atoms with E-state index in [1.54, 1.807) is 0 Å². The van der Waals surface area contributed by atoms with Gasteiger partial charge in [-0.05, 0) is 24.1 Å². The van der Waals surface area contributed by atoms with Crippen LogP contribution in [0.1, 0.15) is 18.9 Å². The second-order valence-electron chi connectivity index (χ2n) is 3.30. The molecule has 0 heterocycles. The maximum atomic E-state index is 5.69. The van der Waals surface area contributed by atoms with E-state index >= 15 is 0 Å². The Balaban J connectivity index is 2.63. The second kappa shape index (κ2) is 6.03. The molecule has 0 spiro atoms. The molecule has 15 heavy (non-hydrogen) atoms. The van der Waals surface area contributed by atoms with Crippen LogP contribution < -0.4 is 16.8 Å². The fourth-order valence-corrected chi connectivity index (χ4v) is 1.20. The molecule has 0 bridgehead atoms. The summed E-state index contributed by atoms with van der Waals surface area (Å²) in [6.07, 6.45) is 0.991. The number of rotatable bonds is 4. The van der Waals surface area contributed by atoms with E-state index in [2.05, 4.69) is 17.2 Å². The monoisotopic (exact) mass is 206 g/mol. The van der Waals surface area contributed by atoms with Crippen LogP contribution in [0.4, 0.5) is 5.69 Å². The van der Waals surface area contributed by atoms with Crippen LogP contribution in [0, 0.1) is 0 Å². The van der Waals surface area contributed by atoms with E-state index in [9.17, 15) is 0 Å². The van der Waals surface area contributed by atoms with Crippen molar-refractivity contribution >= 4 is 11.6 Å². The lowest BCUT2D eigenvalue weighted by Gasteiger charge is -2.06. The smallest absolute Gasteiger partial charge is 0.193 e. The molecule has 82 valence electrons. The standard InChI is InChI=1S/C11H18N4/c1-2-6-14-11(13)15-10-5-3-4-9(7-10)8-12/h3-5,7H,2,6,8,12H2,1H3,(H3,13,14,15). The number of nitrogens with zero attached hydrogens (tertiary/aromatic N) is 1. The van der Waals surface area contributed by atoms with Gasteiger partial charge in [0.15, 0.2) is 5.96 Å². The van der Waals surface area contributed by atoms with Crippen LogP contribution in [-0.4, -0.2) is 12.5 Å². The average Bonchev–Trinajstić information content (AvgIpc) is 2.26. The minimum atomic E-state index is 0.450. The third kappa shape index (κ3) is 3.99. The second-order valence-corrected chi connectivity index (χ2v) is 3.30. The van der Waals surface area contributed by atoms with Gasteiger partial charge in [0.05, 0.1) is 0 Å². The molecule has 0 aliphatic rings. The van der Waals surface area contributed by atoms with Crippen molar-refractivity contribution in [3.05, 3.63) is 29.8 Å². The number of nitrogens with two attached hydrogens (primary N) is 2. The molecule has 1 rings (SSSR count). The third-order valence-corrected chi connectivity index (χ3v) is 1.94. The normalized spacial score (nSPS) is 11.5. The van der Waals surface area contributed by atoms with Gasteiger partial charge in [0, 0.05) is 18.8 Å². The zero-order chi connectivity index (χ0) is 11.1. The Morgan fingerprint density at radius 1 is 1.47 bits per heavy atom. The van der Waals surface area contributed by atoms with Gasteiger partial charge >= 0.3 is 0 Å². The molecule has 0 saturated heterocycles. The molecule has 0 amide bonds. The maximum absolute atomic E-state index is 5.69. The first kappa shape index (κ1) is 11.5. The first-order chi connectivity index (χ1) is 7.26. The van der Waals surface area contributed by atoms with Crippen molar-refractivity contribution in [1.82, 2.24) is 0 Å². The van der Waals surface area contributed by atoms with Gasteiger partial charge < -0.3 is 16.8 Å². The summed E-state index contributed by atoms with van der Waals surface area (Å²) in [6.45, 7) is 3.34. The molecule has 4 nitrogen and oxygen atoms in total. The van der Waals surface area contributed by atoms with E-state index < -0.39 is 0 Å². The van der Waals surface area contributed by atoms with E-state index in [0.717, 1.165) is 24.2 Å². The molecule has 1 aromatic rings. The largest absolute Gasteiger partial charge is 0.370 e. The van der Waals surface area contributed by atoms with Crippen molar-refractivity contribution in [2.45, 2.75) is 19.9 Å². The first-order valence-electron chi connectivity index (χ1n) is 5.12. The van der Waals surface area contributed by atoms with Gasteiger partial charge in [-0.1, -0.05) is 19.1 Å². The summed E-state index contributed by atoms with van der Waals surface area (Å²) < 4.78 is 0. The summed E-state index contributed by atoms with van der Waals surface area (Å²) in [4.78, 5) is 4.15. The molecule has 1 aromatic carbocycles. The molecule has 0 unspecified atom stereocenters. The molecule has 0 aliphatic carbocycles. The molecule has 0 saturated carbocycles. The van der Waals surface area contributed by atoms with Gasteiger partial charge in [0.1, 0.15) is 0 Å². The molecular formula is C11H18N4. The SMILES string of the molecule is CCCN=C(N)Nc1cccc(CN)c1. The number of guanidine groups is 1. The van der Waals surface area contributed by atoms with Gasteiger partial charge in [-0.3, -0.25) is 4.99 Å². The Morgan fingerprint density at radius 3 is 2.93 bits per heavy atom. The van der Waals surface area contributed by atoms with Crippen LogP contribution in [0.5, 0.6) is 0 Å². The number of hydrogen-bond acceptors (Lipinski definition) is 2. The maximum Gasteiger partial charge on any atom is 0.193 e. The molecule has 4 heteroatoms. The first-order valence-corrected chi connectivity index (χ1v) is 5.12. The molecule has 0 atom stereocenters. The molecular weight excluding hydrogens is 188 g/mol. The summed E-state index contributed by atoms with van der Waals surface area (Å²) in [5.41, 5.74) is 13.2. The Kier molecular flexibility index (Phi) is 4.63.